The Balaban J connectivity index is 1.41. The minimum atomic E-state index is -0.299. The number of halogens is 1. The van der Waals surface area contributed by atoms with Crippen molar-refractivity contribution in [1.82, 2.24) is 24.9 Å². The van der Waals surface area contributed by atoms with Crippen LogP contribution in [-0.4, -0.2) is 25.5 Å². The number of hydrogen-bond donors (Lipinski definition) is 1. The molecule has 6 nitrogen and oxygen atoms in total. The molecule has 7 heteroatoms. The summed E-state index contributed by atoms with van der Waals surface area (Å²) in [5, 5.41) is 12.0. The smallest absolute Gasteiger partial charge is 0.251 e. The third kappa shape index (κ3) is 4.44. The van der Waals surface area contributed by atoms with Gasteiger partial charge in [0, 0.05) is 23.5 Å². The molecule has 0 fully saturated rings. The van der Waals surface area contributed by atoms with Gasteiger partial charge in [-0.1, -0.05) is 32.0 Å². The number of aromatic nitrogens is 4. The van der Waals surface area contributed by atoms with E-state index in [1.165, 1.54) is 12.1 Å². The lowest BCUT2D eigenvalue weighted by atomic mass is 9.74. The third-order valence-electron chi connectivity index (χ3n) is 6.13. The first-order valence-electron chi connectivity index (χ1n) is 11.1. The van der Waals surface area contributed by atoms with E-state index in [1.54, 1.807) is 23.1 Å². The number of hydrogen-bond acceptors (Lipinski definition) is 3. The van der Waals surface area contributed by atoms with Crippen LogP contribution in [0.2, 0.25) is 0 Å². The summed E-state index contributed by atoms with van der Waals surface area (Å²) >= 11 is 0. The third-order valence-corrected chi connectivity index (χ3v) is 6.13. The lowest BCUT2D eigenvalue weighted by molar-refractivity contribution is 0.0919. The molecular formula is C26H26FN5O. The highest BCUT2D eigenvalue weighted by Gasteiger charge is 2.36. The zero-order valence-corrected chi connectivity index (χ0v) is 18.7. The fraction of sp³-hybridized carbons (Fsp3) is 0.269. The number of amides is 1. The van der Waals surface area contributed by atoms with E-state index >= 15 is 0 Å². The molecule has 1 N–H and O–H groups in total. The number of benzene rings is 2. The van der Waals surface area contributed by atoms with Gasteiger partial charge in [0.2, 0.25) is 0 Å². The Bertz CT molecular complexity index is 1290. The van der Waals surface area contributed by atoms with Crippen LogP contribution in [0.25, 0.3) is 5.69 Å². The van der Waals surface area contributed by atoms with Gasteiger partial charge >= 0.3 is 0 Å². The predicted octanol–water partition coefficient (Wildman–Crippen LogP) is 4.70. The van der Waals surface area contributed by atoms with Crippen molar-refractivity contribution in [3.05, 3.63) is 101 Å². The van der Waals surface area contributed by atoms with Gasteiger partial charge in [0.25, 0.3) is 5.91 Å². The number of rotatable bonds is 5. The number of nitrogens with zero attached hydrogens (tertiary/aromatic N) is 4. The summed E-state index contributed by atoms with van der Waals surface area (Å²) in [5.74, 6) is -0.420. The molecule has 5 rings (SSSR count). The number of carbonyl (C=O) groups excluding carboxylic acids is 1. The second-order valence-electron chi connectivity index (χ2n) is 9.41. The molecule has 4 aromatic rings. The molecule has 0 saturated heterocycles. The first-order valence-corrected chi connectivity index (χ1v) is 11.1. The molecule has 0 aliphatic heterocycles. The lowest BCUT2D eigenvalue weighted by Gasteiger charge is -2.36. The van der Waals surface area contributed by atoms with Gasteiger partial charge in [0.15, 0.2) is 0 Å². The normalized spacial score (nSPS) is 16.9. The Morgan fingerprint density at radius 3 is 2.79 bits per heavy atom. The predicted molar refractivity (Wildman–Crippen MR) is 124 cm³/mol. The standard InChI is InChI=1S/C26H26FN5O/c1-26(2)14-23(22-16-29-32(24(22)15-26)21-9-4-8-20(27)13-21)30-25(33)19-7-3-6-18(12-19)17-31-11-5-10-28-31/h3-13,16,23H,14-15,17H2,1-2H3,(H,30,33)/t23-/m0/s1. The van der Waals surface area contributed by atoms with E-state index in [2.05, 4.69) is 29.4 Å². The van der Waals surface area contributed by atoms with Crippen molar-refractivity contribution in [2.24, 2.45) is 5.41 Å². The van der Waals surface area contributed by atoms with Crippen LogP contribution in [0.15, 0.2) is 73.2 Å². The molecule has 1 aliphatic carbocycles. The van der Waals surface area contributed by atoms with Gasteiger partial charge < -0.3 is 5.32 Å². The van der Waals surface area contributed by atoms with Crippen LogP contribution in [0.1, 0.15) is 53.5 Å². The molecule has 1 aliphatic rings. The van der Waals surface area contributed by atoms with Crippen LogP contribution in [0.5, 0.6) is 0 Å². The Hall–Kier alpha value is -3.74. The molecule has 2 heterocycles. The maximum Gasteiger partial charge on any atom is 0.251 e. The highest BCUT2D eigenvalue weighted by molar-refractivity contribution is 5.94. The molecule has 0 bridgehead atoms. The molecular weight excluding hydrogens is 417 g/mol. The molecule has 0 saturated carbocycles. The maximum absolute atomic E-state index is 13.8. The van der Waals surface area contributed by atoms with E-state index in [4.69, 9.17) is 0 Å². The number of carbonyl (C=O) groups is 1. The van der Waals surface area contributed by atoms with Crippen molar-refractivity contribution in [1.29, 1.82) is 0 Å². The highest BCUT2D eigenvalue weighted by atomic mass is 19.1. The van der Waals surface area contributed by atoms with Crippen molar-refractivity contribution < 1.29 is 9.18 Å². The van der Waals surface area contributed by atoms with E-state index in [0.717, 1.165) is 29.7 Å². The Kier molecular flexibility index (Phi) is 5.32. The Labute approximate surface area is 192 Å². The molecule has 0 unspecified atom stereocenters. The van der Waals surface area contributed by atoms with E-state index < -0.39 is 0 Å². The van der Waals surface area contributed by atoms with E-state index in [0.29, 0.717) is 17.8 Å². The van der Waals surface area contributed by atoms with Gasteiger partial charge in [-0.25, -0.2) is 9.07 Å². The average Bonchev–Trinajstić information content (AvgIpc) is 3.43. The van der Waals surface area contributed by atoms with Crippen LogP contribution in [0.3, 0.4) is 0 Å². The first kappa shape index (κ1) is 21.1. The molecule has 33 heavy (non-hydrogen) atoms. The van der Waals surface area contributed by atoms with Crippen LogP contribution in [0.4, 0.5) is 4.39 Å². The van der Waals surface area contributed by atoms with Gasteiger partial charge in [0.1, 0.15) is 5.82 Å². The second kappa shape index (κ2) is 8.31. The summed E-state index contributed by atoms with van der Waals surface area (Å²) in [5.41, 5.74) is 4.26. The second-order valence-corrected chi connectivity index (χ2v) is 9.41. The monoisotopic (exact) mass is 443 g/mol. The van der Waals surface area contributed by atoms with E-state index in [-0.39, 0.29) is 23.2 Å². The molecule has 0 radical (unpaired) electrons. The fourth-order valence-corrected chi connectivity index (χ4v) is 4.64. The summed E-state index contributed by atoms with van der Waals surface area (Å²) in [4.78, 5) is 13.2. The molecule has 1 amide bonds. The minimum Gasteiger partial charge on any atom is -0.345 e. The number of fused-ring (bicyclic) bond motifs is 1. The fourth-order valence-electron chi connectivity index (χ4n) is 4.64. The number of nitrogens with one attached hydrogen (secondary N) is 1. The first-order chi connectivity index (χ1) is 15.9. The topological polar surface area (TPSA) is 64.7 Å². The Morgan fingerprint density at radius 2 is 2.00 bits per heavy atom. The quantitative estimate of drug-likeness (QED) is 0.486. The van der Waals surface area contributed by atoms with E-state index in [9.17, 15) is 9.18 Å². The SMILES string of the molecule is CC1(C)Cc2c(cnn2-c2cccc(F)c2)[C@@H](NC(=O)c2cccc(Cn3cccn3)c2)C1. The van der Waals surface area contributed by atoms with Gasteiger partial charge in [0.05, 0.1) is 30.2 Å². The summed E-state index contributed by atoms with van der Waals surface area (Å²) in [7, 11) is 0. The minimum absolute atomic E-state index is 0.0437. The molecule has 0 spiro atoms. The molecule has 1 atom stereocenters. The lowest BCUT2D eigenvalue weighted by Crippen LogP contribution is -2.36. The van der Waals surface area contributed by atoms with Crippen molar-refractivity contribution in [2.45, 2.75) is 39.3 Å². The van der Waals surface area contributed by atoms with Gasteiger partial charge in [-0.05, 0) is 60.2 Å². The van der Waals surface area contributed by atoms with Gasteiger partial charge in [-0.15, -0.1) is 0 Å². The van der Waals surface area contributed by atoms with Crippen LogP contribution < -0.4 is 5.32 Å². The Morgan fingerprint density at radius 1 is 1.15 bits per heavy atom. The zero-order chi connectivity index (χ0) is 23.0. The van der Waals surface area contributed by atoms with Crippen molar-refractivity contribution in [3.63, 3.8) is 0 Å². The van der Waals surface area contributed by atoms with Crippen molar-refractivity contribution in [3.8, 4) is 5.69 Å². The van der Waals surface area contributed by atoms with Crippen LogP contribution in [0, 0.1) is 11.2 Å². The summed E-state index contributed by atoms with van der Waals surface area (Å²) in [6, 6.07) is 15.8. The molecule has 2 aromatic heterocycles. The van der Waals surface area contributed by atoms with Gasteiger partial charge in [-0.2, -0.15) is 10.2 Å². The zero-order valence-electron chi connectivity index (χ0n) is 18.7. The largest absolute Gasteiger partial charge is 0.345 e. The summed E-state index contributed by atoms with van der Waals surface area (Å²) < 4.78 is 17.4. The van der Waals surface area contributed by atoms with Crippen LogP contribution in [-0.2, 0) is 13.0 Å². The van der Waals surface area contributed by atoms with Crippen LogP contribution >= 0.6 is 0 Å². The molecule has 168 valence electrons. The van der Waals surface area contributed by atoms with E-state index in [1.807, 2.05) is 47.3 Å². The maximum atomic E-state index is 13.8. The highest BCUT2D eigenvalue weighted by Crippen LogP contribution is 2.41. The van der Waals surface area contributed by atoms with Gasteiger partial charge in [-0.3, -0.25) is 9.48 Å². The summed E-state index contributed by atoms with van der Waals surface area (Å²) in [6.07, 6.45) is 7.03. The average molecular weight is 444 g/mol. The summed E-state index contributed by atoms with van der Waals surface area (Å²) in [6.45, 7) is 4.97. The van der Waals surface area contributed by atoms with Crippen molar-refractivity contribution in [2.75, 3.05) is 0 Å². The molecule has 2 aromatic carbocycles. The van der Waals surface area contributed by atoms with Crippen molar-refractivity contribution >= 4 is 5.91 Å².